The molecule has 5 N–H and O–H groups in total. The third kappa shape index (κ3) is 7.33. The summed E-state index contributed by atoms with van der Waals surface area (Å²) in [5, 5.41) is 37.5. The molecule has 1 unspecified atom stereocenters. The second-order valence-corrected chi connectivity index (χ2v) is 13.1. The van der Waals surface area contributed by atoms with Crippen LogP contribution in [0.25, 0.3) is 11.2 Å². The van der Waals surface area contributed by atoms with E-state index >= 15 is 0 Å². The molecule has 2 fully saturated rings. The van der Waals surface area contributed by atoms with Crippen molar-refractivity contribution in [2.45, 2.75) is 75.7 Å². The van der Waals surface area contributed by atoms with Gasteiger partial charge in [-0.1, -0.05) is 60.7 Å². The molecule has 0 spiro atoms. The summed E-state index contributed by atoms with van der Waals surface area (Å²) in [6, 6.07) is 20.3. The standard InChI is InChI=1S/C34H43N7O6/c1-34(2,3)47-33(45)37-23-15-10-16-40(18-23)32-38-29(35-17-24(21-11-6-4-7-12-21)22-13-8-5-9-14-22)26-30(39-32)41(20-36-26)31-28(44)27(43)25(19-42)46-31/h4-9,11-14,20,23-25,27-28,31,42-44H,10,15-19H2,1-3H3,(H,37,45)(H,35,38,39)/t23?,25-,27-,28-,31-/m1/s1. The van der Waals surface area contributed by atoms with Crippen molar-refractivity contribution in [1.29, 1.82) is 0 Å². The van der Waals surface area contributed by atoms with Crippen molar-refractivity contribution in [2.75, 3.05) is 36.5 Å². The molecule has 4 heterocycles. The number of piperidine rings is 1. The number of ether oxygens (including phenoxy) is 2. The highest BCUT2D eigenvalue weighted by atomic mass is 16.6. The quantitative estimate of drug-likeness (QED) is 0.181. The number of hydrogen-bond donors (Lipinski definition) is 5. The highest BCUT2D eigenvalue weighted by Crippen LogP contribution is 2.34. The smallest absolute Gasteiger partial charge is 0.407 e. The van der Waals surface area contributed by atoms with Crippen molar-refractivity contribution in [3.05, 3.63) is 78.1 Å². The number of imidazole rings is 1. The van der Waals surface area contributed by atoms with Crippen LogP contribution in [0.15, 0.2) is 67.0 Å². The summed E-state index contributed by atoms with van der Waals surface area (Å²) >= 11 is 0. The number of amides is 1. The highest BCUT2D eigenvalue weighted by Gasteiger charge is 2.44. The third-order valence-corrected chi connectivity index (χ3v) is 8.50. The maximum absolute atomic E-state index is 12.6. The van der Waals surface area contributed by atoms with Gasteiger partial charge >= 0.3 is 6.09 Å². The number of carbonyl (C=O) groups excluding carboxylic acids is 1. The van der Waals surface area contributed by atoms with Crippen molar-refractivity contribution in [3.63, 3.8) is 0 Å². The van der Waals surface area contributed by atoms with Crippen LogP contribution in [0.5, 0.6) is 0 Å². The average molecular weight is 646 g/mol. The van der Waals surface area contributed by atoms with Gasteiger partial charge in [0.25, 0.3) is 0 Å². The van der Waals surface area contributed by atoms with Crippen molar-refractivity contribution in [1.82, 2.24) is 24.8 Å². The summed E-state index contributed by atoms with van der Waals surface area (Å²) in [5.41, 5.74) is 2.53. The third-order valence-electron chi connectivity index (χ3n) is 8.50. The number of aromatic nitrogens is 4. The van der Waals surface area contributed by atoms with E-state index < -0.39 is 42.8 Å². The lowest BCUT2D eigenvalue weighted by Gasteiger charge is -2.33. The number of carbonyl (C=O) groups is 1. The van der Waals surface area contributed by atoms with E-state index in [1.165, 1.54) is 6.33 Å². The molecule has 5 atom stereocenters. The molecule has 2 aromatic carbocycles. The minimum absolute atomic E-state index is 0.00536. The van der Waals surface area contributed by atoms with Gasteiger partial charge < -0.3 is 40.3 Å². The van der Waals surface area contributed by atoms with E-state index in [1.54, 1.807) is 4.57 Å². The Hall–Kier alpha value is -4.30. The molecule has 2 aliphatic heterocycles. The maximum Gasteiger partial charge on any atom is 0.407 e. The zero-order chi connectivity index (χ0) is 33.1. The van der Waals surface area contributed by atoms with E-state index in [-0.39, 0.29) is 12.0 Å². The van der Waals surface area contributed by atoms with Gasteiger partial charge in [0.15, 0.2) is 23.2 Å². The molecule has 0 saturated carbocycles. The van der Waals surface area contributed by atoms with E-state index in [0.717, 1.165) is 24.0 Å². The number of aliphatic hydroxyl groups excluding tert-OH is 3. The Bertz CT molecular complexity index is 1610. The van der Waals surface area contributed by atoms with Gasteiger partial charge in [-0.05, 0) is 44.7 Å². The lowest BCUT2D eigenvalue weighted by Crippen LogP contribution is -2.49. The van der Waals surface area contributed by atoms with Gasteiger partial charge in [-0.2, -0.15) is 9.97 Å². The number of nitrogens with one attached hydrogen (secondary N) is 2. The molecule has 250 valence electrons. The van der Waals surface area contributed by atoms with Crippen LogP contribution in [0.2, 0.25) is 0 Å². The molecule has 0 radical (unpaired) electrons. The Morgan fingerprint density at radius 1 is 1.04 bits per heavy atom. The van der Waals surface area contributed by atoms with Gasteiger partial charge in [0, 0.05) is 31.6 Å². The zero-order valence-electron chi connectivity index (χ0n) is 26.9. The number of aliphatic hydroxyl groups is 3. The number of anilines is 2. The van der Waals surface area contributed by atoms with Gasteiger partial charge in [0.2, 0.25) is 5.95 Å². The topological polar surface area (TPSA) is 167 Å². The number of fused-ring (bicyclic) bond motifs is 1. The van der Waals surface area contributed by atoms with Crippen LogP contribution >= 0.6 is 0 Å². The summed E-state index contributed by atoms with van der Waals surface area (Å²) in [5.74, 6) is 0.917. The Morgan fingerprint density at radius 2 is 1.72 bits per heavy atom. The average Bonchev–Trinajstić information content (AvgIpc) is 3.61. The van der Waals surface area contributed by atoms with Crippen LogP contribution in [-0.4, -0.2) is 97.1 Å². The van der Waals surface area contributed by atoms with Crippen molar-refractivity contribution >= 4 is 29.0 Å². The SMILES string of the molecule is CC(C)(C)OC(=O)NC1CCCN(c2nc(NCC(c3ccccc3)c3ccccc3)c3ncn([C@@H]4O[C@H](CO)[C@@H](O)[C@H]4O)c3n2)C1. The zero-order valence-corrected chi connectivity index (χ0v) is 26.9. The van der Waals surface area contributed by atoms with E-state index in [9.17, 15) is 20.1 Å². The molecule has 0 bridgehead atoms. The van der Waals surface area contributed by atoms with Crippen LogP contribution in [-0.2, 0) is 9.47 Å². The van der Waals surface area contributed by atoms with E-state index in [0.29, 0.717) is 42.6 Å². The molecule has 4 aromatic rings. The van der Waals surface area contributed by atoms with Crippen LogP contribution in [0.1, 0.15) is 56.9 Å². The Morgan fingerprint density at radius 3 is 2.34 bits per heavy atom. The molecule has 1 amide bonds. The molecule has 6 rings (SSSR count). The van der Waals surface area contributed by atoms with Crippen molar-refractivity contribution in [2.24, 2.45) is 0 Å². The van der Waals surface area contributed by atoms with Gasteiger partial charge in [0.1, 0.15) is 23.9 Å². The molecular weight excluding hydrogens is 602 g/mol. The molecule has 13 heteroatoms. The number of alkyl carbamates (subject to hydrolysis) is 1. The Labute approximate surface area is 273 Å². The van der Waals surface area contributed by atoms with Gasteiger partial charge in [0.05, 0.1) is 12.9 Å². The van der Waals surface area contributed by atoms with Gasteiger partial charge in [-0.25, -0.2) is 9.78 Å². The lowest BCUT2D eigenvalue weighted by atomic mass is 9.91. The molecule has 0 aliphatic carbocycles. The number of hydrogen-bond acceptors (Lipinski definition) is 11. The monoisotopic (exact) mass is 645 g/mol. The van der Waals surface area contributed by atoms with Gasteiger partial charge in [-0.3, -0.25) is 4.57 Å². The summed E-state index contributed by atoms with van der Waals surface area (Å²) < 4.78 is 12.9. The number of nitrogens with zero attached hydrogens (tertiary/aromatic N) is 5. The molecule has 2 saturated heterocycles. The fourth-order valence-corrected chi connectivity index (χ4v) is 6.21. The summed E-state index contributed by atoms with van der Waals surface area (Å²) in [7, 11) is 0. The van der Waals surface area contributed by atoms with E-state index in [4.69, 9.17) is 19.4 Å². The summed E-state index contributed by atoms with van der Waals surface area (Å²) in [6.07, 6.45) is -1.96. The summed E-state index contributed by atoms with van der Waals surface area (Å²) in [6.45, 7) is 6.66. The first-order valence-electron chi connectivity index (χ1n) is 16.1. The lowest BCUT2D eigenvalue weighted by molar-refractivity contribution is -0.0511. The van der Waals surface area contributed by atoms with E-state index in [2.05, 4.69) is 39.9 Å². The first kappa shape index (κ1) is 32.6. The van der Waals surface area contributed by atoms with Crippen LogP contribution in [0.3, 0.4) is 0 Å². The van der Waals surface area contributed by atoms with Gasteiger partial charge in [-0.15, -0.1) is 0 Å². The molecule has 2 aliphatic rings. The second-order valence-electron chi connectivity index (χ2n) is 13.1. The molecular formula is C34H43N7O6. The first-order chi connectivity index (χ1) is 22.6. The molecule has 47 heavy (non-hydrogen) atoms. The number of benzene rings is 2. The van der Waals surface area contributed by atoms with Crippen LogP contribution < -0.4 is 15.5 Å². The van der Waals surface area contributed by atoms with Crippen molar-refractivity contribution < 1.29 is 29.6 Å². The normalized spacial score (nSPS) is 23.3. The molecule has 2 aromatic heterocycles. The predicted octanol–water partition coefficient (Wildman–Crippen LogP) is 3.18. The van der Waals surface area contributed by atoms with Crippen LogP contribution in [0.4, 0.5) is 16.6 Å². The first-order valence-corrected chi connectivity index (χ1v) is 16.1. The minimum atomic E-state index is -1.31. The largest absolute Gasteiger partial charge is 0.444 e. The second kappa shape index (κ2) is 13.8. The minimum Gasteiger partial charge on any atom is -0.444 e. The predicted molar refractivity (Wildman–Crippen MR) is 176 cm³/mol. The summed E-state index contributed by atoms with van der Waals surface area (Å²) in [4.78, 5) is 29.0. The number of rotatable bonds is 9. The fraction of sp³-hybridized carbons (Fsp3) is 0.471. The maximum atomic E-state index is 12.6. The van der Waals surface area contributed by atoms with Crippen LogP contribution in [0, 0.1) is 0 Å². The van der Waals surface area contributed by atoms with Crippen molar-refractivity contribution in [3.8, 4) is 0 Å². The Kier molecular flexibility index (Phi) is 9.60. The van der Waals surface area contributed by atoms with E-state index in [1.807, 2.05) is 62.1 Å². The fourth-order valence-electron chi connectivity index (χ4n) is 6.21. The highest BCUT2D eigenvalue weighted by molar-refractivity contribution is 5.84. The molecule has 13 nitrogen and oxygen atoms in total. The Balaban J connectivity index is 1.34.